The Morgan fingerprint density at radius 2 is 0.970 bits per heavy atom. The Balaban J connectivity index is 0.00000231. The molecule has 0 radical (unpaired) electrons. The molecule has 4 heteroatoms. The SMILES string of the molecule is CC.CC1(C)c2ccccc2-c2ccc(-c3cccc(-c4cccc(-c5cccc6c7ccccc7n(-c7cc(-c8ccc9c(c8)oc8ccccc89)nc(-c8ccccc8)n7)c56)c4)c3)cc21. The molecule has 0 spiro atoms. The zero-order valence-electron chi connectivity index (χ0n) is 38.0. The van der Waals surface area contributed by atoms with Gasteiger partial charge in [0.25, 0.3) is 0 Å². The highest BCUT2D eigenvalue weighted by Crippen LogP contribution is 2.50. The standard InChI is InChI=1S/C61H41N3O.C2H6/c1-61(2)52-26-9-6-21-46(52)47-31-29-42(35-53(47)61)40-18-12-17-39(33-40)41-19-13-20-43(34-41)45-24-14-25-51-48-22-7-10-27-55(48)64(59(45)51)58-37-54(62-60(63-58)38-15-4-3-5-16-38)44-30-32-50-49-23-8-11-28-56(49)65-57(50)36-44;1-2/h3-37H,1-2H3;1-2H3. The van der Waals surface area contributed by atoms with E-state index < -0.39 is 0 Å². The maximum Gasteiger partial charge on any atom is 0.162 e. The molecule has 1 aliphatic rings. The van der Waals surface area contributed by atoms with Crippen LogP contribution in [0.3, 0.4) is 0 Å². The third-order valence-electron chi connectivity index (χ3n) is 13.6. The average Bonchev–Trinajstić information content (AvgIpc) is 4.02. The first kappa shape index (κ1) is 40.2. The van der Waals surface area contributed by atoms with Crippen molar-refractivity contribution in [1.82, 2.24) is 14.5 Å². The van der Waals surface area contributed by atoms with Gasteiger partial charge in [0.05, 0.1) is 16.7 Å². The van der Waals surface area contributed by atoms with Gasteiger partial charge in [-0.2, -0.15) is 0 Å². The van der Waals surface area contributed by atoms with E-state index in [2.05, 4.69) is 200 Å². The van der Waals surface area contributed by atoms with E-state index in [-0.39, 0.29) is 5.41 Å². The van der Waals surface area contributed by atoms with Crippen molar-refractivity contribution < 1.29 is 4.42 Å². The van der Waals surface area contributed by atoms with Crippen molar-refractivity contribution in [3.8, 4) is 73.0 Å². The molecule has 0 saturated carbocycles. The largest absolute Gasteiger partial charge is 0.456 e. The van der Waals surface area contributed by atoms with Crippen LogP contribution in [0, 0.1) is 0 Å². The van der Waals surface area contributed by atoms with Crippen LogP contribution in [0.25, 0.3) is 117 Å². The summed E-state index contributed by atoms with van der Waals surface area (Å²) in [6.07, 6.45) is 0. The topological polar surface area (TPSA) is 43.9 Å². The van der Waals surface area contributed by atoms with Gasteiger partial charge in [0.1, 0.15) is 17.0 Å². The van der Waals surface area contributed by atoms with Crippen molar-refractivity contribution in [3.63, 3.8) is 0 Å². The average molecular weight is 862 g/mol. The normalized spacial score (nSPS) is 12.6. The summed E-state index contributed by atoms with van der Waals surface area (Å²) in [6.45, 7) is 8.69. The number of furan rings is 1. The number of aromatic nitrogens is 3. The Morgan fingerprint density at radius 3 is 1.79 bits per heavy atom. The molecule has 0 N–H and O–H groups in total. The van der Waals surface area contributed by atoms with Gasteiger partial charge in [0.2, 0.25) is 0 Å². The van der Waals surface area contributed by atoms with E-state index in [1.807, 2.05) is 44.2 Å². The number of hydrogen-bond donors (Lipinski definition) is 0. The molecule has 0 fully saturated rings. The maximum atomic E-state index is 6.37. The highest BCUT2D eigenvalue weighted by molar-refractivity contribution is 6.14. The number of nitrogens with zero attached hydrogens (tertiary/aromatic N) is 3. The molecule has 0 saturated heterocycles. The summed E-state index contributed by atoms with van der Waals surface area (Å²) in [5, 5.41) is 4.52. The van der Waals surface area contributed by atoms with Gasteiger partial charge in [-0.25, -0.2) is 9.97 Å². The van der Waals surface area contributed by atoms with Crippen molar-refractivity contribution in [2.24, 2.45) is 0 Å². The highest BCUT2D eigenvalue weighted by Gasteiger charge is 2.35. The molecule has 0 aliphatic heterocycles. The fourth-order valence-electron chi connectivity index (χ4n) is 10.4. The van der Waals surface area contributed by atoms with Crippen LogP contribution < -0.4 is 0 Å². The van der Waals surface area contributed by atoms with Crippen molar-refractivity contribution in [2.45, 2.75) is 33.1 Å². The van der Waals surface area contributed by atoms with Crippen molar-refractivity contribution in [1.29, 1.82) is 0 Å². The van der Waals surface area contributed by atoms with Crippen LogP contribution in [-0.2, 0) is 5.41 Å². The summed E-state index contributed by atoms with van der Waals surface area (Å²) < 4.78 is 8.70. The first-order valence-electron chi connectivity index (χ1n) is 23.3. The Bertz CT molecular complexity index is 3870. The van der Waals surface area contributed by atoms with E-state index in [1.54, 1.807) is 0 Å². The fourth-order valence-corrected chi connectivity index (χ4v) is 10.4. The van der Waals surface area contributed by atoms with Crippen LogP contribution in [0.15, 0.2) is 217 Å². The summed E-state index contributed by atoms with van der Waals surface area (Å²) in [7, 11) is 0. The number of fused-ring (bicyclic) bond motifs is 9. The van der Waals surface area contributed by atoms with Gasteiger partial charge in [-0.15, -0.1) is 0 Å². The minimum absolute atomic E-state index is 0.0579. The van der Waals surface area contributed by atoms with Gasteiger partial charge in [0.15, 0.2) is 5.82 Å². The van der Waals surface area contributed by atoms with Crippen LogP contribution >= 0.6 is 0 Å². The van der Waals surface area contributed by atoms with Crippen molar-refractivity contribution in [3.05, 3.63) is 223 Å². The first-order chi connectivity index (χ1) is 33.0. The van der Waals surface area contributed by atoms with Crippen LogP contribution in [0.5, 0.6) is 0 Å². The molecule has 0 unspecified atom stereocenters. The van der Waals surface area contributed by atoms with Gasteiger partial charge >= 0.3 is 0 Å². The molecular weight excluding hydrogens is 815 g/mol. The summed E-state index contributed by atoms with van der Waals surface area (Å²) in [4.78, 5) is 10.6. The Kier molecular flexibility index (Phi) is 9.58. The van der Waals surface area contributed by atoms with Crippen molar-refractivity contribution in [2.75, 3.05) is 0 Å². The summed E-state index contributed by atoms with van der Waals surface area (Å²) >= 11 is 0. The second kappa shape index (κ2) is 16.0. The van der Waals surface area contributed by atoms with Gasteiger partial charge < -0.3 is 4.42 Å². The number of para-hydroxylation sites is 3. The molecule has 67 heavy (non-hydrogen) atoms. The van der Waals surface area contributed by atoms with E-state index in [0.717, 1.165) is 77.7 Å². The summed E-state index contributed by atoms with van der Waals surface area (Å²) in [5.41, 5.74) is 19.0. The number of hydrogen-bond acceptors (Lipinski definition) is 3. The van der Waals surface area contributed by atoms with Crippen LogP contribution in [0.4, 0.5) is 0 Å². The lowest BCUT2D eigenvalue weighted by molar-refractivity contribution is 0.660. The molecule has 0 amide bonds. The van der Waals surface area contributed by atoms with Crippen LogP contribution in [0.2, 0.25) is 0 Å². The Labute approximate surface area is 390 Å². The molecule has 12 aromatic rings. The van der Waals surface area contributed by atoms with Gasteiger partial charge in [-0.1, -0.05) is 191 Å². The van der Waals surface area contributed by atoms with Gasteiger partial charge in [-0.3, -0.25) is 4.57 Å². The smallest absolute Gasteiger partial charge is 0.162 e. The minimum atomic E-state index is -0.0579. The summed E-state index contributed by atoms with van der Waals surface area (Å²) in [6, 6.07) is 76.1. The molecule has 3 aromatic heterocycles. The molecule has 13 rings (SSSR count). The van der Waals surface area contributed by atoms with Gasteiger partial charge in [0, 0.05) is 49.7 Å². The number of benzene rings is 9. The third-order valence-corrected chi connectivity index (χ3v) is 13.6. The first-order valence-corrected chi connectivity index (χ1v) is 23.3. The quantitative estimate of drug-likeness (QED) is 0.167. The molecule has 4 nitrogen and oxygen atoms in total. The zero-order chi connectivity index (χ0) is 45.2. The lowest BCUT2D eigenvalue weighted by Gasteiger charge is -2.22. The highest BCUT2D eigenvalue weighted by atomic mass is 16.3. The maximum absolute atomic E-state index is 6.37. The lowest BCUT2D eigenvalue weighted by atomic mass is 9.81. The van der Waals surface area contributed by atoms with Crippen LogP contribution in [-0.4, -0.2) is 14.5 Å². The van der Waals surface area contributed by atoms with E-state index >= 15 is 0 Å². The molecule has 0 bridgehead atoms. The third kappa shape index (κ3) is 6.59. The summed E-state index contributed by atoms with van der Waals surface area (Å²) in [5.74, 6) is 1.45. The van der Waals surface area contributed by atoms with E-state index in [0.29, 0.717) is 5.82 Å². The molecule has 3 heterocycles. The second-order valence-corrected chi connectivity index (χ2v) is 17.8. The van der Waals surface area contributed by atoms with E-state index in [1.165, 1.54) is 44.3 Å². The molecular formula is C63H47N3O. The number of rotatable bonds is 6. The lowest BCUT2D eigenvalue weighted by Crippen LogP contribution is -2.14. The Morgan fingerprint density at radius 1 is 0.388 bits per heavy atom. The van der Waals surface area contributed by atoms with E-state index in [4.69, 9.17) is 14.4 Å². The Hall–Kier alpha value is -8.34. The molecule has 0 atom stereocenters. The molecule has 1 aliphatic carbocycles. The second-order valence-electron chi connectivity index (χ2n) is 17.8. The predicted molar refractivity (Wildman–Crippen MR) is 280 cm³/mol. The predicted octanol–water partition coefficient (Wildman–Crippen LogP) is 17.1. The molecule has 320 valence electrons. The zero-order valence-corrected chi connectivity index (χ0v) is 38.0. The minimum Gasteiger partial charge on any atom is -0.456 e. The van der Waals surface area contributed by atoms with Crippen LogP contribution in [0.1, 0.15) is 38.8 Å². The monoisotopic (exact) mass is 861 g/mol. The van der Waals surface area contributed by atoms with E-state index in [9.17, 15) is 0 Å². The molecule has 9 aromatic carbocycles. The van der Waals surface area contributed by atoms with Gasteiger partial charge in [-0.05, 0) is 92.5 Å². The van der Waals surface area contributed by atoms with Crippen molar-refractivity contribution >= 4 is 43.7 Å². The fraction of sp³-hybridized carbons (Fsp3) is 0.0794.